The first-order valence-corrected chi connectivity index (χ1v) is 12.6. The van der Waals surface area contributed by atoms with Gasteiger partial charge in [-0.05, 0) is 68.9 Å². The molecule has 2 saturated heterocycles. The molecular formula is C27H31ClN6O. The predicted molar refractivity (Wildman–Crippen MR) is 141 cm³/mol. The van der Waals surface area contributed by atoms with Crippen molar-refractivity contribution in [2.24, 2.45) is 0 Å². The van der Waals surface area contributed by atoms with E-state index in [2.05, 4.69) is 44.2 Å². The van der Waals surface area contributed by atoms with Crippen LogP contribution in [0.2, 0.25) is 5.02 Å². The van der Waals surface area contributed by atoms with Gasteiger partial charge in [0.15, 0.2) is 5.82 Å². The fraction of sp³-hybridized carbons (Fsp3) is 0.370. The number of rotatable bonds is 6. The van der Waals surface area contributed by atoms with Gasteiger partial charge in [0.2, 0.25) is 5.91 Å². The number of carbonyl (C=O) groups is 1. The highest BCUT2D eigenvalue weighted by molar-refractivity contribution is 6.30. The van der Waals surface area contributed by atoms with Crippen LogP contribution in [-0.2, 0) is 4.79 Å². The van der Waals surface area contributed by atoms with Crippen molar-refractivity contribution in [3.05, 3.63) is 71.5 Å². The number of likely N-dealkylation sites (N-methyl/N-ethyl adjacent to an activating group) is 1. The van der Waals surface area contributed by atoms with Crippen LogP contribution in [0.1, 0.15) is 24.6 Å². The normalized spacial score (nSPS) is 19.1. The van der Waals surface area contributed by atoms with Gasteiger partial charge >= 0.3 is 0 Å². The maximum absolute atomic E-state index is 12.9. The minimum Gasteiger partial charge on any atom is -0.369 e. The van der Waals surface area contributed by atoms with Crippen LogP contribution in [0.5, 0.6) is 0 Å². The minimum absolute atomic E-state index is 0.00614. The summed E-state index contributed by atoms with van der Waals surface area (Å²) in [6.07, 6.45) is 3.80. The average molecular weight is 491 g/mol. The van der Waals surface area contributed by atoms with Crippen molar-refractivity contribution < 1.29 is 4.79 Å². The number of halogens is 1. The quantitative estimate of drug-likeness (QED) is 0.555. The third-order valence-electron chi connectivity index (χ3n) is 6.83. The van der Waals surface area contributed by atoms with E-state index >= 15 is 0 Å². The molecule has 0 bridgehead atoms. The van der Waals surface area contributed by atoms with Crippen LogP contribution in [-0.4, -0.2) is 72.0 Å². The Labute approximate surface area is 211 Å². The molecule has 7 nitrogen and oxygen atoms in total. The summed E-state index contributed by atoms with van der Waals surface area (Å²) in [4.78, 5) is 29.1. The fourth-order valence-corrected chi connectivity index (χ4v) is 5.07. The summed E-state index contributed by atoms with van der Waals surface area (Å²) >= 11 is 6.15. The van der Waals surface area contributed by atoms with Gasteiger partial charge in [0.05, 0.1) is 18.3 Å². The topological polar surface area (TPSA) is 64.6 Å². The monoisotopic (exact) mass is 490 g/mol. The molecule has 2 aromatic carbocycles. The van der Waals surface area contributed by atoms with Gasteiger partial charge in [0.25, 0.3) is 0 Å². The molecule has 0 saturated carbocycles. The summed E-state index contributed by atoms with van der Waals surface area (Å²) in [6.45, 7) is 5.41. The first-order chi connectivity index (χ1) is 17.0. The number of nitrogens with one attached hydrogen (secondary N) is 1. The third-order valence-corrected chi connectivity index (χ3v) is 7.07. The molecule has 0 unspecified atom stereocenters. The Morgan fingerprint density at radius 1 is 1.06 bits per heavy atom. The van der Waals surface area contributed by atoms with Crippen molar-refractivity contribution in [3.63, 3.8) is 0 Å². The lowest BCUT2D eigenvalue weighted by Crippen LogP contribution is -2.44. The third kappa shape index (κ3) is 5.81. The zero-order valence-electron chi connectivity index (χ0n) is 20.0. The van der Waals surface area contributed by atoms with Crippen molar-refractivity contribution >= 4 is 28.9 Å². The fourth-order valence-electron chi connectivity index (χ4n) is 4.88. The SMILES string of the molecule is CN1CCN(c2ccc(NC(=O)CN3CCC[C@H]3c3ccnc(-c4cccc(Cl)c4)n3)cc2)CC1. The van der Waals surface area contributed by atoms with E-state index in [0.717, 1.165) is 62.5 Å². The van der Waals surface area contributed by atoms with E-state index in [0.29, 0.717) is 17.4 Å². The molecular weight excluding hydrogens is 460 g/mol. The lowest BCUT2D eigenvalue weighted by molar-refractivity contribution is -0.117. The molecule has 2 aliphatic rings. The molecule has 182 valence electrons. The Bertz CT molecular complexity index is 1160. The minimum atomic E-state index is -0.00614. The Hall–Kier alpha value is -3.00. The molecule has 8 heteroatoms. The molecule has 2 fully saturated rings. The van der Waals surface area contributed by atoms with E-state index in [-0.39, 0.29) is 11.9 Å². The molecule has 3 aromatic rings. The number of likely N-dealkylation sites (tertiary alicyclic amines) is 1. The molecule has 0 aliphatic carbocycles. The number of hydrogen-bond acceptors (Lipinski definition) is 6. The van der Waals surface area contributed by atoms with E-state index in [1.54, 1.807) is 6.20 Å². The van der Waals surface area contributed by atoms with E-state index in [1.807, 2.05) is 42.5 Å². The number of aromatic nitrogens is 2. The Kier molecular flexibility index (Phi) is 7.27. The Morgan fingerprint density at radius 2 is 1.86 bits per heavy atom. The summed E-state index contributed by atoms with van der Waals surface area (Å²) in [5.74, 6) is 0.648. The molecule has 35 heavy (non-hydrogen) atoms. The first-order valence-electron chi connectivity index (χ1n) is 12.2. The predicted octanol–water partition coefficient (Wildman–Crippen LogP) is 4.32. The maximum atomic E-state index is 12.9. The van der Waals surface area contributed by atoms with Crippen molar-refractivity contribution in [2.45, 2.75) is 18.9 Å². The van der Waals surface area contributed by atoms with Crippen molar-refractivity contribution in [1.82, 2.24) is 19.8 Å². The molecule has 1 aromatic heterocycles. The number of benzene rings is 2. The van der Waals surface area contributed by atoms with Gasteiger partial charge in [-0.15, -0.1) is 0 Å². The molecule has 1 atom stereocenters. The summed E-state index contributed by atoms with van der Waals surface area (Å²) in [6, 6.07) is 17.8. The van der Waals surface area contributed by atoms with Gasteiger partial charge in [0.1, 0.15) is 0 Å². The average Bonchev–Trinajstić information content (AvgIpc) is 3.33. The van der Waals surface area contributed by atoms with Gasteiger partial charge in [0, 0.05) is 54.3 Å². The molecule has 1 amide bonds. The highest BCUT2D eigenvalue weighted by Crippen LogP contribution is 2.31. The van der Waals surface area contributed by atoms with Crippen LogP contribution in [0, 0.1) is 0 Å². The molecule has 5 rings (SSSR count). The highest BCUT2D eigenvalue weighted by Gasteiger charge is 2.29. The van der Waals surface area contributed by atoms with E-state index in [9.17, 15) is 4.79 Å². The van der Waals surface area contributed by atoms with Crippen molar-refractivity contribution in [3.8, 4) is 11.4 Å². The van der Waals surface area contributed by atoms with Crippen LogP contribution in [0.4, 0.5) is 11.4 Å². The summed E-state index contributed by atoms with van der Waals surface area (Å²) in [5.41, 5.74) is 3.86. The Balaban J connectivity index is 1.21. The lowest BCUT2D eigenvalue weighted by atomic mass is 10.1. The zero-order valence-corrected chi connectivity index (χ0v) is 20.8. The summed E-state index contributed by atoms with van der Waals surface area (Å²) < 4.78 is 0. The second kappa shape index (κ2) is 10.7. The van der Waals surface area contributed by atoms with Gasteiger partial charge in [-0.1, -0.05) is 23.7 Å². The van der Waals surface area contributed by atoms with Crippen LogP contribution >= 0.6 is 11.6 Å². The second-order valence-corrected chi connectivity index (χ2v) is 9.77. The van der Waals surface area contributed by atoms with Crippen LogP contribution in [0.25, 0.3) is 11.4 Å². The van der Waals surface area contributed by atoms with E-state index < -0.39 is 0 Å². The summed E-state index contributed by atoms with van der Waals surface area (Å²) in [5, 5.41) is 3.73. The molecule has 3 heterocycles. The summed E-state index contributed by atoms with van der Waals surface area (Å²) in [7, 11) is 2.16. The van der Waals surface area contributed by atoms with Crippen LogP contribution < -0.4 is 10.2 Å². The van der Waals surface area contributed by atoms with Crippen molar-refractivity contribution in [1.29, 1.82) is 0 Å². The van der Waals surface area contributed by atoms with E-state index in [4.69, 9.17) is 16.6 Å². The van der Waals surface area contributed by atoms with Crippen LogP contribution in [0.3, 0.4) is 0 Å². The maximum Gasteiger partial charge on any atom is 0.238 e. The van der Waals surface area contributed by atoms with Gasteiger partial charge < -0.3 is 15.1 Å². The van der Waals surface area contributed by atoms with Crippen molar-refractivity contribution in [2.75, 3.05) is 56.5 Å². The number of amides is 1. The smallest absolute Gasteiger partial charge is 0.238 e. The Morgan fingerprint density at radius 3 is 2.63 bits per heavy atom. The number of carbonyl (C=O) groups excluding carboxylic acids is 1. The van der Waals surface area contributed by atoms with Gasteiger partial charge in [-0.25, -0.2) is 9.97 Å². The molecule has 2 aliphatic heterocycles. The zero-order chi connectivity index (χ0) is 24.2. The molecule has 0 spiro atoms. The standard InChI is InChI=1S/C27H31ClN6O/c1-32-14-16-33(17-15-32)23-9-7-22(8-10-23)30-26(35)19-34-13-3-6-25(34)24-11-12-29-27(31-24)20-4-2-5-21(28)18-20/h2,4-5,7-12,18,25H,3,6,13-17,19H2,1H3,(H,30,35)/t25-/m0/s1. The first kappa shape index (κ1) is 23.7. The number of anilines is 2. The van der Waals surface area contributed by atoms with E-state index in [1.165, 1.54) is 5.69 Å². The second-order valence-electron chi connectivity index (χ2n) is 9.33. The number of nitrogens with zero attached hydrogens (tertiary/aromatic N) is 5. The molecule has 1 N–H and O–H groups in total. The number of hydrogen-bond donors (Lipinski definition) is 1. The van der Waals surface area contributed by atoms with Gasteiger partial charge in [-0.3, -0.25) is 9.69 Å². The highest BCUT2D eigenvalue weighted by atomic mass is 35.5. The van der Waals surface area contributed by atoms with Crippen LogP contribution in [0.15, 0.2) is 60.8 Å². The number of piperazine rings is 1. The van der Waals surface area contributed by atoms with Gasteiger partial charge in [-0.2, -0.15) is 0 Å². The molecule has 0 radical (unpaired) electrons. The lowest BCUT2D eigenvalue weighted by Gasteiger charge is -2.34. The largest absolute Gasteiger partial charge is 0.369 e.